The van der Waals surface area contributed by atoms with E-state index in [0.29, 0.717) is 6.04 Å². The fourth-order valence-corrected chi connectivity index (χ4v) is 4.24. The number of hydrogen-bond donors (Lipinski definition) is 1. The van der Waals surface area contributed by atoms with Gasteiger partial charge < -0.3 is 5.32 Å². The summed E-state index contributed by atoms with van der Waals surface area (Å²) in [6.07, 6.45) is 1.14. The molecule has 0 aliphatic rings. The Hall–Kier alpha value is -0.640. The maximum Gasteiger partial charge on any atom is 0.0731 e. The average Bonchev–Trinajstić information content (AvgIpc) is 2.75. The van der Waals surface area contributed by atoms with E-state index in [0.717, 1.165) is 13.0 Å². The molecule has 1 atom stereocenters. The van der Waals surface area contributed by atoms with Gasteiger partial charge in [-0.15, -0.1) is 11.3 Å². The molecule has 1 aromatic heterocycles. The average molecular weight is 366 g/mol. The molecule has 114 valence electrons. The fraction of sp³-hybridized carbons (Fsp3) is 0.444. The second-order valence-corrected chi connectivity index (χ2v) is 8.19. The largest absolute Gasteiger partial charge is 0.306 e. The minimum absolute atomic E-state index is 0.291. The molecule has 3 heteroatoms. The third-order valence-corrected chi connectivity index (χ3v) is 6.15. The summed E-state index contributed by atoms with van der Waals surface area (Å²) < 4.78 is 1.24. The van der Waals surface area contributed by atoms with Gasteiger partial charge in [-0.25, -0.2) is 0 Å². The van der Waals surface area contributed by atoms with Gasteiger partial charge in [0.2, 0.25) is 0 Å². The van der Waals surface area contributed by atoms with Gasteiger partial charge in [0, 0.05) is 4.88 Å². The number of benzene rings is 1. The summed E-state index contributed by atoms with van der Waals surface area (Å²) in [5, 5.41) is 3.72. The van der Waals surface area contributed by atoms with Gasteiger partial charge in [-0.2, -0.15) is 0 Å². The molecule has 0 aliphatic carbocycles. The predicted octanol–water partition coefficient (Wildman–Crippen LogP) is 5.83. The molecule has 1 heterocycles. The molecule has 2 aromatic rings. The fourth-order valence-electron chi connectivity index (χ4n) is 2.57. The van der Waals surface area contributed by atoms with Gasteiger partial charge >= 0.3 is 0 Å². The van der Waals surface area contributed by atoms with Crippen molar-refractivity contribution in [3.63, 3.8) is 0 Å². The summed E-state index contributed by atoms with van der Waals surface area (Å²) in [4.78, 5) is 1.39. The number of rotatable bonds is 5. The van der Waals surface area contributed by atoms with Gasteiger partial charge in [0.05, 0.1) is 9.83 Å². The van der Waals surface area contributed by atoms with Crippen molar-refractivity contribution in [2.24, 2.45) is 0 Å². The molecule has 0 spiro atoms. The first-order chi connectivity index (χ1) is 9.93. The molecule has 0 amide bonds. The van der Waals surface area contributed by atoms with E-state index < -0.39 is 0 Å². The van der Waals surface area contributed by atoms with Gasteiger partial charge in [0.15, 0.2) is 0 Å². The van der Waals surface area contributed by atoms with Crippen molar-refractivity contribution in [3.8, 4) is 0 Å². The van der Waals surface area contributed by atoms with Crippen LogP contribution in [0.15, 0.2) is 22.0 Å². The quantitative estimate of drug-likeness (QED) is 0.702. The van der Waals surface area contributed by atoms with E-state index in [1.54, 1.807) is 0 Å². The minimum Gasteiger partial charge on any atom is -0.306 e. The normalized spacial score (nSPS) is 12.7. The lowest BCUT2D eigenvalue weighted by atomic mass is 9.94. The maximum absolute atomic E-state index is 3.72. The molecule has 1 aromatic carbocycles. The third-order valence-electron chi connectivity index (χ3n) is 3.95. The van der Waals surface area contributed by atoms with E-state index >= 15 is 0 Å². The van der Waals surface area contributed by atoms with Crippen molar-refractivity contribution < 1.29 is 0 Å². The molecular formula is C18H24BrNS. The monoisotopic (exact) mass is 365 g/mol. The summed E-state index contributed by atoms with van der Waals surface area (Å²) >= 11 is 5.50. The van der Waals surface area contributed by atoms with Crippen LogP contribution >= 0.6 is 27.3 Å². The first-order valence-corrected chi connectivity index (χ1v) is 9.12. The van der Waals surface area contributed by atoms with Crippen molar-refractivity contribution in [1.29, 1.82) is 0 Å². The Bertz CT molecular complexity index is 611. The smallest absolute Gasteiger partial charge is 0.0731 e. The molecule has 0 bridgehead atoms. The Morgan fingerprint density at radius 2 is 1.67 bits per heavy atom. The molecule has 1 N–H and O–H groups in total. The van der Waals surface area contributed by atoms with E-state index in [-0.39, 0.29) is 0 Å². The number of hydrogen-bond acceptors (Lipinski definition) is 2. The summed E-state index contributed by atoms with van der Waals surface area (Å²) in [5.41, 5.74) is 6.83. The molecule has 0 saturated heterocycles. The van der Waals surface area contributed by atoms with Gasteiger partial charge in [-0.1, -0.05) is 19.1 Å². The van der Waals surface area contributed by atoms with Crippen molar-refractivity contribution in [2.45, 2.75) is 47.1 Å². The Labute approximate surface area is 140 Å². The molecule has 1 nitrogen and oxygen atoms in total. The van der Waals surface area contributed by atoms with Crippen LogP contribution in [0.2, 0.25) is 0 Å². The second-order valence-electron chi connectivity index (χ2n) is 5.79. The number of halogens is 1. The minimum atomic E-state index is 0.291. The van der Waals surface area contributed by atoms with Crippen LogP contribution < -0.4 is 5.32 Å². The van der Waals surface area contributed by atoms with Crippen molar-refractivity contribution in [3.05, 3.63) is 54.7 Å². The highest BCUT2D eigenvalue weighted by Crippen LogP contribution is 2.36. The topological polar surface area (TPSA) is 12.0 Å². The van der Waals surface area contributed by atoms with Crippen molar-refractivity contribution >= 4 is 27.3 Å². The van der Waals surface area contributed by atoms with Crippen LogP contribution in [-0.4, -0.2) is 6.54 Å². The highest BCUT2D eigenvalue weighted by molar-refractivity contribution is 9.11. The van der Waals surface area contributed by atoms with E-state index in [1.807, 2.05) is 11.3 Å². The maximum atomic E-state index is 3.72. The molecule has 2 rings (SSSR count). The Morgan fingerprint density at radius 1 is 1.00 bits per heavy atom. The zero-order valence-electron chi connectivity index (χ0n) is 13.5. The van der Waals surface area contributed by atoms with Gasteiger partial charge in [-0.3, -0.25) is 0 Å². The van der Waals surface area contributed by atoms with Gasteiger partial charge in [-0.05, 0) is 90.5 Å². The third kappa shape index (κ3) is 3.77. The van der Waals surface area contributed by atoms with E-state index in [2.05, 4.69) is 74.1 Å². The second kappa shape index (κ2) is 7.08. The Balaban J connectivity index is 2.47. The van der Waals surface area contributed by atoms with Gasteiger partial charge in [0.1, 0.15) is 0 Å². The van der Waals surface area contributed by atoms with Crippen LogP contribution in [0.25, 0.3) is 0 Å². The summed E-state index contributed by atoms with van der Waals surface area (Å²) in [5.74, 6) is 0. The standard InChI is InChI=1S/C18H24BrNS/c1-6-7-20-17(16-10-14(5)18(19)21-16)15-9-12(3)11(2)8-13(15)4/h8-10,17,20H,6-7H2,1-5H3. The summed E-state index contributed by atoms with van der Waals surface area (Å²) in [6, 6.07) is 7.25. The molecule has 0 aliphatic heterocycles. The zero-order valence-corrected chi connectivity index (χ0v) is 15.9. The van der Waals surface area contributed by atoms with Crippen molar-refractivity contribution in [1.82, 2.24) is 5.32 Å². The Kier molecular flexibility index (Phi) is 5.64. The number of thiophene rings is 1. The SMILES string of the molecule is CCCNC(c1cc(C)c(Br)s1)c1cc(C)c(C)cc1C. The first kappa shape index (κ1) is 16.7. The van der Waals surface area contributed by atoms with E-state index in [9.17, 15) is 0 Å². The Morgan fingerprint density at radius 3 is 2.24 bits per heavy atom. The van der Waals surface area contributed by atoms with Crippen LogP contribution in [0.1, 0.15) is 52.1 Å². The lowest BCUT2D eigenvalue weighted by molar-refractivity contribution is 0.603. The van der Waals surface area contributed by atoms with Crippen LogP contribution in [0.4, 0.5) is 0 Å². The van der Waals surface area contributed by atoms with Gasteiger partial charge in [0.25, 0.3) is 0 Å². The molecule has 0 saturated carbocycles. The zero-order chi connectivity index (χ0) is 15.6. The van der Waals surface area contributed by atoms with Crippen LogP contribution in [0.5, 0.6) is 0 Å². The molecule has 21 heavy (non-hydrogen) atoms. The molecular weight excluding hydrogens is 342 g/mol. The summed E-state index contributed by atoms with van der Waals surface area (Å²) in [6.45, 7) is 12.0. The molecule has 0 fully saturated rings. The lowest BCUT2D eigenvalue weighted by Gasteiger charge is -2.21. The summed E-state index contributed by atoms with van der Waals surface area (Å²) in [7, 11) is 0. The predicted molar refractivity (Wildman–Crippen MR) is 97.5 cm³/mol. The molecule has 1 unspecified atom stereocenters. The number of aryl methyl sites for hydroxylation is 4. The van der Waals surface area contributed by atoms with E-state index in [4.69, 9.17) is 0 Å². The lowest BCUT2D eigenvalue weighted by Crippen LogP contribution is -2.23. The van der Waals surface area contributed by atoms with E-state index in [1.165, 1.54) is 36.5 Å². The molecule has 0 radical (unpaired) electrons. The first-order valence-electron chi connectivity index (χ1n) is 7.51. The number of nitrogens with one attached hydrogen (secondary N) is 1. The highest BCUT2D eigenvalue weighted by Gasteiger charge is 2.19. The highest BCUT2D eigenvalue weighted by atomic mass is 79.9. The van der Waals surface area contributed by atoms with Crippen LogP contribution in [0, 0.1) is 27.7 Å². The van der Waals surface area contributed by atoms with Crippen LogP contribution in [0.3, 0.4) is 0 Å². The van der Waals surface area contributed by atoms with Crippen molar-refractivity contribution in [2.75, 3.05) is 6.54 Å². The van der Waals surface area contributed by atoms with Crippen LogP contribution in [-0.2, 0) is 0 Å².